The Hall–Kier alpha value is -1.08. The van der Waals surface area contributed by atoms with Crippen LogP contribution in [0, 0.1) is 5.41 Å². The van der Waals surface area contributed by atoms with Crippen molar-refractivity contribution in [2.75, 3.05) is 13.7 Å². The standard InChI is InChI=1S/C11H14BrNO4S/c1-11(2,10(15)16)5-13-9(14)7-4-6(17-3)8(12)18-7/h4H,5H2,1-3H3,(H,13,14)(H,15,16). The molecule has 100 valence electrons. The summed E-state index contributed by atoms with van der Waals surface area (Å²) in [7, 11) is 1.52. The van der Waals surface area contributed by atoms with Gasteiger partial charge in [-0.05, 0) is 29.8 Å². The summed E-state index contributed by atoms with van der Waals surface area (Å²) in [4.78, 5) is 23.2. The largest absolute Gasteiger partial charge is 0.495 e. The van der Waals surface area contributed by atoms with Crippen molar-refractivity contribution in [3.8, 4) is 5.75 Å². The highest BCUT2D eigenvalue weighted by atomic mass is 79.9. The van der Waals surface area contributed by atoms with Crippen molar-refractivity contribution in [2.45, 2.75) is 13.8 Å². The van der Waals surface area contributed by atoms with E-state index in [-0.39, 0.29) is 12.5 Å². The fraction of sp³-hybridized carbons (Fsp3) is 0.455. The van der Waals surface area contributed by atoms with E-state index in [1.165, 1.54) is 18.4 Å². The molecule has 0 bridgehead atoms. The van der Waals surface area contributed by atoms with Crippen LogP contribution in [-0.4, -0.2) is 30.6 Å². The number of hydrogen-bond donors (Lipinski definition) is 2. The molecule has 0 saturated carbocycles. The lowest BCUT2D eigenvalue weighted by molar-refractivity contribution is -0.146. The molecule has 0 aliphatic carbocycles. The molecule has 1 rings (SSSR count). The summed E-state index contributed by atoms with van der Waals surface area (Å²) in [5.41, 5.74) is -0.992. The number of hydrogen-bond acceptors (Lipinski definition) is 4. The zero-order valence-corrected chi connectivity index (χ0v) is 12.6. The molecule has 0 radical (unpaired) electrons. The molecule has 0 aromatic carbocycles. The van der Waals surface area contributed by atoms with Gasteiger partial charge in [0.1, 0.15) is 9.54 Å². The molecule has 1 aromatic rings. The summed E-state index contributed by atoms with van der Waals surface area (Å²) in [5, 5.41) is 11.5. The Morgan fingerprint density at radius 2 is 2.17 bits per heavy atom. The summed E-state index contributed by atoms with van der Waals surface area (Å²) < 4.78 is 5.78. The predicted octanol–water partition coefficient (Wildman–Crippen LogP) is 2.36. The minimum atomic E-state index is -0.992. The molecule has 5 nitrogen and oxygen atoms in total. The third-order valence-electron chi connectivity index (χ3n) is 2.37. The van der Waals surface area contributed by atoms with E-state index in [0.717, 1.165) is 3.79 Å². The lowest BCUT2D eigenvalue weighted by Gasteiger charge is -2.18. The summed E-state index contributed by atoms with van der Waals surface area (Å²) in [6.07, 6.45) is 0. The van der Waals surface area contributed by atoms with Gasteiger partial charge in [-0.15, -0.1) is 11.3 Å². The van der Waals surface area contributed by atoms with Gasteiger partial charge in [0, 0.05) is 12.6 Å². The number of rotatable bonds is 5. The van der Waals surface area contributed by atoms with E-state index in [0.29, 0.717) is 10.6 Å². The fourth-order valence-electron chi connectivity index (χ4n) is 1.07. The second kappa shape index (κ2) is 5.71. The quantitative estimate of drug-likeness (QED) is 0.866. The van der Waals surface area contributed by atoms with Crippen LogP contribution in [0.5, 0.6) is 5.75 Å². The van der Waals surface area contributed by atoms with Crippen molar-refractivity contribution in [3.63, 3.8) is 0 Å². The van der Waals surface area contributed by atoms with Gasteiger partial charge in [-0.2, -0.15) is 0 Å². The Morgan fingerprint density at radius 1 is 1.56 bits per heavy atom. The smallest absolute Gasteiger partial charge is 0.310 e. The number of carbonyl (C=O) groups excluding carboxylic acids is 1. The summed E-state index contributed by atoms with van der Waals surface area (Å²) in [6, 6.07) is 1.61. The molecule has 1 aromatic heterocycles. The van der Waals surface area contributed by atoms with Crippen molar-refractivity contribution < 1.29 is 19.4 Å². The van der Waals surface area contributed by atoms with Gasteiger partial charge in [0.2, 0.25) is 0 Å². The van der Waals surface area contributed by atoms with Gasteiger partial charge in [0.25, 0.3) is 5.91 Å². The molecule has 1 amide bonds. The number of thiophene rings is 1. The van der Waals surface area contributed by atoms with E-state index in [4.69, 9.17) is 9.84 Å². The Balaban J connectivity index is 2.69. The fourth-order valence-corrected chi connectivity index (χ4v) is 2.63. The molecule has 0 unspecified atom stereocenters. The van der Waals surface area contributed by atoms with Crippen molar-refractivity contribution >= 4 is 39.1 Å². The van der Waals surface area contributed by atoms with E-state index in [1.807, 2.05) is 0 Å². The highest BCUT2D eigenvalue weighted by Gasteiger charge is 2.28. The number of halogens is 1. The second-order valence-corrected chi connectivity index (χ2v) is 6.69. The summed E-state index contributed by atoms with van der Waals surface area (Å²) in [6.45, 7) is 3.18. The van der Waals surface area contributed by atoms with Crippen molar-refractivity contribution in [3.05, 3.63) is 14.7 Å². The van der Waals surface area contributed by atoms with E-state index < -0.39 is 11.4 Å². The van der Waals surface area contributed by atoms with E-state index in [2.05, 4.69) is 21.2 Å². The number of aliphatic carboxylic acids is 1. The maximum absolute atomic E-state index is 11.8. The molecule has 2 N–H and O–H groups in total. The predicted molar refractivity (Wildman–Crippen MR) is 72.3 cm³/mol. The molecular weight excluding hydrogens is 322 g/mol. The van der Waals surface area contributed by atoms with Gasteiger partial charge >= 0.3 is 5.97 Å². The average molecular weight is 336 g/mol. The first-order chi connectivity index (χ1) is 8.27. The molecule has 1 heterocycles. The summed E-state index contributed by atoms with van der Waals surface area (Å²) >= 11 is 4.52. The number of ether oxygens (including phenoxy) is 1. The van der Waals surface area contributed by atoms with E-state index in [1.54, 1.807) is 19.9 Å². The maximum Gasteiger partial charge on any atom is 0.310 e. The van der Waals surface area contributed by atoms with Gasteiger partial charge < -0.3 is 15.2 Å². The minimum Gasteiger partial charge on any atom is -0.495 e. The molecular formula is C11H14BrNO4S. The van der Waals surface area contributed by atoms with Crippen LogP contribution in [0.4, 0.5) is 0 Å². The highest BCUT2D eigenvalue weighted by molar-refractivity contribution is 9.11. The second-order valence-electron chi connectivity index (χ2n) is 4.32. The first kappa shape index (κ1) is 15.0. The molecule has 0 spiro atoms. The van der Waals surface area contributed by atoms with Crippen molar-refractivity contribution in [1.29, 1.82) is 0 Å². The number of carbonyl (C=O) groups is 2. The van der Waals surface area contributed by atoms with Crippen LogP contribution in [0.15, 0.2) is 9.85 Å². The first-order valence-electron chi connectivity index (χ1n) is 5.13. The van der Waals surface area contributed by atoms with Crippen molar-refractivity contribution in [2.24, 2.45) is 5.41 Å². The number of carboxylic acids is 1. The van der Waals surface area contributed by atoms with Gasteiger partial charge in [-0.25, -0.2) is 0 Å². The van der Waals surface area contributed by atoms with Gasteiger partial charge in [-0.1, -0.05) is 0 Å². The SMILES string of the molecule is COc1cc(C(=O)NCC(C)(C)C(=O)O)sc1Br. The molecule has 18 heavy (non-hydrogen) atoms. The van der Waals surface area contributed by atoms with Crippen LogP contribution >= 0.6 is 27.3 Å². The zero-order chi connectivity index (χ0) is 13.9. The molecule has 7 heteroatoms. The van der Waals surface area contributed by atoms with E-state index >= 15 is 0 Å². The lowest BCUT2D eigenvalue weighted by atomic mass is 9.94. The Bertz CT molecular complexity index is 470. The average Bonchev–Trinajstić information content (AvgIpc) is 2.67. The normalized spacial score (nSPS) is 11.1. The van der Waals surface area contributed by atoms with Crippen molar-refractivity contribution in [1.82, 2.24) is 5.32 Å². The number of methoxy groups -OCH3 is 1. The van der Waals surface area contributed by atoms with Crippen LogP contribution in [0.2, 0.25) is 0 Å². The molecule has 0 aliphatic heterocycles. The van der Waals surface area contributed by atoms with Gasteiger partial charge in [0.05, 0.1) is 17.4 Å². The minimum absolute atomic E-state index is 0.0685. The van der Waals surface area contributed by atoms with Gasteiger partial charge in [-0.3, -0.25) is 9.59 Å². The molecule has 0 saturated heterocycles. The Morgan fingerprint density at radius 3 is 2.61 bits per heavy atom. The number of nitrogens with one attached hydrogen (secondary N) is 1. The molecule has 0 aliphatic rings. The lowest BCUT2D eigenvalue weighted by Crippen LogP contribution is -2.38. The van der Waals surface area contributed by atoms with Crippen LogP contribution < -0.4 is 10.1 Å². The number of amides is 1. The Labute approximate surface area is 117 Å². The maximum atomic E-state index is 11.8. The molecule has 0 atom stereocenters. The van der Waals surface area contributed by atoms with Crippen LogP contribution in [0.25, 0.3) is 0 Å². The topological polar surface area (TPSA) is 75.6 Å². The third kappa shape index (κ3) is 3.46. The Kier molecular flexibility index (Phi) is 4.75. The van der Waals surface area contributed by atoms with Gasteiger partial charge in [0.15, 0.2) is 0 Å². The summed E-state index contributed by atoms with van der Waals surface area (Å²) in [5.74, 6) is -0.672. The van der Waals surface area contributed by atoms with E-state index in [9.17, 15) is 9.59 Å². The van der Waals surface area contributed by atoms with Crippen LogP contribution in [0.3, 0.4) is 0 Å². The third-order valence-corrected chi connectivity index (χ3v) is 4.15. The van der Waals surface area contributed by atoms with Crippen LogP contribution in [0.1, 0.15) is 23.5 Å². The number of carboxylic acid groups (broad SMARTS) is 1. The first-order valence-corrected chi connectivity index (χ1v) is 6.74. The highest BCUT2D eigenvalue weighted by Crippen LogP contribution is 2.34. The molecule has 0 fully saturated rings. The monoisotopic (exact) mass is 335 g/mol. The van der Waals surface area contributed by atoms with Crippen LogP contribution in [-0.2, 0) is 4.79 Å². The zero-order valence-electron chi connectivity index (χ0n) is 10.2.